The van der Waals surface area contributed by atoms with E-state index in [1.54, 1.807) is 13.2 Å². The van der Waals surface area contributed by atoms with Crippen molar-refractivity contribution in [1.29, 1.82) is 0 Å². The minimum atomic E-state index is -0.110. The molecule has 0 saturated heterocycles. The zero-order valence-corrected chi connectivity index (χ0v) is 15.9. The van der Waals surface area contributed by atoms with Gasteiger partial charge in [-0.3, -0.25) is 4.79 Å². The van der Waals surface area contributed by atoms with E-state index in [0.717, 1.165) is 33.3 Å². The van der Waals surface area contributed by atoms with Crippen LogP contribution in [0, 0.1) is 0 Å². The Morgan fingerprint density at radius 1 is 1.00 bits per heavy atom. The lowest BCUT2D eigenvalue weighted by atomic mass is 10.1. The number of hydrogen-bond donors (Lipinski definition) is 1. The lowest BCUT2D eigenvalue weighted by Gasteiger charge is -2.12. The minimum absolute atomic E-state index is 0.110. The van der Waals surface area contributed by atoms with E-state index in [1.807, 2.05) is 79.7 Å². The number of amides is 1. The summed E-state index contributed by atoms with van der Waals surface area (Å²) in [6.45, 7) is 0.508. The van der Waals surface area contributed by atoms with E-state index >= 15 is 0 Å². The summed E-state index contributed by atoms with van der Waals surface area (Å²) in [4.78, 5) is 14.1. The van der Waals surface area contributed by atoms with Gasteiger partial charge in [-0.2, -0.15) is 0 Å². The number of carbonyl (C=O) groups excluding carboxylic acids is 1. The van der Waals surface area contributed by atoms with Gasteiger partial charge in [-0.1, -0.05) is 30.3 Å². The molecule has 3 aromatic rings. The third-order valence-electron chi connectivity index (χ3n) is 4.42. The first-order chi connectivity index (χ1) is 13.0. The number of nitrogens with one attached hydrogen (secondary N) is 1. The predicted molar refractivity (Wildman–Crippen MR) is 112 cm³/mol. The van der Waals surface area contributed by atoms with Gasteiger partial charge < -0.3 is 15.0 Å². The first-order valence-corrected chi connectivity index (χ1v) is 8.85. The second-order valence-corrected chi connectivity index (χ2v) is 6.58. The third-order valence-corrected chi connectivity index (χ3v) is 4.42. The highest BCUT2D eigenvalue weighted by Crippen LogP contribution is 2.22. The van der Waals surface area contributed by atoms with Crippen LogP contribution in [0.15, 0.2) is 66.7 Å². The molecule has 1 amide bonds. The molecule has 27 heavy (non-hydrogen) atoms. The Balaban J connectivity index is 1.60. The highest BCUT2D eigenvalue weighted by Gasteiger charge is 2.00. The maximum absolute atomic E-state index is 12.1. The molecule has 4 heteroatoms. The first kappa shape index (κ1) is 18.5. The van der Waals surface area contributed by atoms with Crippen molar-refractivity contribution in [3.8, 4) is 5.75 Å². The molecule has 0 aliphatic carbocycles. The molecule has 138 valence electrons. The molecule has 0 saturated carbocycles. The van der Waals surface area contributed by atoms with E-state index in [0.29, 0.717) is 6.54 Å². The fourth-order valence-corrected chi connectivity index (χ4v) is 2.80. The first-order valence-electron chi connectivity index (χ1n) is 8.85. The average molecular weight is 360 g/mol. The van der Waals surface area contributed by atoms with E-state index < -0.39 is 0 Å². The van der Waals surface area contributed by atoms with Crippen LogP contribution >= 0.6 is 0 Å². The fraction of sp³-hybridized carbons (Fsp3) is 0.174. The molecular weight excluding hydrogens is 336 g/mol. The number of anilines is 1. The maximum Gasteiger partial charge on any atom is 0.244 e. The summed E-state index contributed by atoms with van der Waals surface area (Å²) in [6, 6.07) is 20.2. The fourth-order valence-electron chi connectivity index (χ4n) is 2.80. The van der Waals surface area contributed by atoms with Crippen molar-refractivity contribution in [2.75, 3.05) is 26.1 Å². The summed E-state index contributed by atoms with van der Waals surface area (Å²) in [5.74, 6) is 0.727. The van der Waals surface area contributed by atoms with E-state index in [2.05, 4.69) is 11.4 Å². The van der Waals surface area contributed by atoms with Crippen molar-refractivity contribution in [3.63, 3.8) is 0 Å². The number of rotatable bonds is 6. The molecule has 0 aromatic heterocycles. The Kier molecular flexibility index (Phi) is 5.77. The van der Waals surface area contributed by atoms with Crippen molar-refractivity contribution < 1.29 is 9.53 Å². The van der Waals surface area contributed by atoms with Gasteiger partial charge in [0.25, 0.3) is 0 Å². The lowest BCUT2D eigenvalue weighted by molar-refractivity contribution is -0.116. The van der Waals surface area contributed by atoms with Gasteiger partial charge in [0.15, 0.2) is 0 Å². The van der Waals surface area contributed by atoms with Gasteiger partial charge in [-0.05, 0) is 58.3 Å². The molecule has 0 aliphatic heterocycles. The van der Waals surface area contributed by atoms with Crippen LogP contribution in [0.1, 0.15) is 11.1 Å². The molecule has 0 atom stereocenters. The lowest BCUT2D eigenvalue weighted by Crippen LogP contribution is -2.20. The molecule has 0 spiro atoms. The Morgan fingerprint density at radius 2 is 1.70 bits per heavy atom. The Labute approximate surface area is 160 Å². The molecule has 0 radical (unpaired) electrons. The zero-order valence-electron chi connectivity index (χ0n) is 15.9. The molecular formula is C23H24N2O2. The number of ether oxygens (including phenoxy) is 1. The van der Waals surface area contributed by atoms with Crippen LogP contribution in [0.2, 0.25) is 0 Å². The van der Waals surface area contributed by atoms with E-state index in [-0.39, 0.29) is 5.91 Å². The largest absolute Gasteiger partial charge is 0.497 e. The highest BCUT2D eigenvalue weighted by molar-refractivity contribution is 5.93. The molecule has 3 rings (SSSR count). The molecule has 0 aliphatic rings. The summed E-state index contributed by atoms with van der Waals surface area (Å²) >= 11 is 0. The number of fused-ring (bicyclic) bond motifs is 1. The van der Waals surface area contributed by atoms with Gasteiger partial charge in [0.05, 0.1) is 7.11 Å². The number of nitrogens with zero attached hydrogens (tertiary/aromatic N) is 1. The smallest absolute Gasteiger partial charge is 0.244 e. The third kappa shape index (κ3) is 4.88. The van der Waals surface area contributed by atoms with Gasteiger partial charge in [0.1, 0.15) is 5.75 Å². The van der Waals surface area contributed by atoms with Crippen molar-refractivity contribution in [1.82, 2.24) is 5.32 Å². The number of hydrogen-bond acceptors (Lipinski definition) is 3. The summed E-state index contributed by atoms with van der Waals surface area (Å²) in [7, 11) is 5.67. The summed E-state index contributed by atoms with van der Waals surface area (Å²) in [5.41, 5.74) is 3.19. The van der Waals surface area contributed by atoms with Crippen LogP contribution in [-0.2, 0) is 11.3 Å². The Hall–Kier alpha value is -3.27. The Morgan fingerprint density at radius 3 is 2.41 bits per heavy atom. The molecule has 0 bridgehead atoms. The second-order valence-electron chi connectivity index (χ2n) is 6.58. The van der Waals surface area contributed by atoms with Crippen molar-refractivity contribution >= 4 is 28.4 Å². The van der Waals surface area contributed by atoms with Crippen LogP contribution in [-0.4, -0.2) is 27.1 Å². The van der Waals surface area contributed by atoms with Crippen LogP contribution < -0.4 is 15.0 Å². The van der Waals surface area contributed by atoms with Gasteiger partial charge in [0.2, 0.25) is 5.91 Å². The van der Waals surface area contributed by atoms with Gasteiger partial charge in [-0.15, -0.1) is 0 Å². The summed E-state index contributed by atoms with van der Waals surface area (Å²) in [6.07, 6.45) is 3.40. The quantitative estimate of drug-likeness (QED) is 0.669. The van der Waals surface area contributed by atoms with E-state index in [9.17, 15) is 4.79 Å². The van der Waals surface area contributed by atoms with Crippen LogP contribution in [0.5, 0.6) is 5.75 Å². The highest BCUT2D eigenvalue weighted by atomic mass is 16.5. The summed E-state index contributed by atoms with van der Waals surface area (Å²) in [5, 5.41) is 5.13. The topological polar surface area (TPSA) is 41.6 Å². The molecule has 0 heterocycles. The molecule has 4 nitrogen and oxygen atoms in total. The molecule has 0 unspecified atom stereocenters. The zero-order chi connectivity index (χ0) is 19.2. The monoisotopic (exact) mass is 360 g/mol. The standard InChI is InChI=1S/C23H24N2O2/c1-25(2)21-10-5-18(6-11-21)16-24-23(26)13-7-17-4-8-20-15-22(27-3)12-9-19(20)14-17/h4-15H,16H2,1-3H3,(H,24,26)/b13-7+. The van der Waals surface area contributed by atoms with Crippen LogP contribution in [0.4, 0.5) is 5.69 Å². The number of methoxy groups -OCH3 is 1. The average Bonchev–Trinajstić information content (AvgIpc) is 2.70. The van der Waals surface area contributed by atoms with Crippen LogP contribution in [0.3, 0.4) is 0 Å². The van der Waals surface area contributed by atoms with Gasteiger partial charge >= 0.3 is 0 Å². The van der Waals surface area contributed by atoms with E-state index in [1.165, 1.54) is 0 Å². The van der Waals surface area contributed by atoms with Gasteiger partial charge in [0, 0.05) is 32.4 Å². The number of carbonyl (C=O) groups is 1. The molecule has 1 N–H and O–H groups in total. The van der Waals surface area contributed by atoms with Crippen molar-refractivity contribution in [3.05, 3.63) is 77.9 Å². The minimum Gasteiger partial charge on any atom is -0.497 e. The normalized spacial score (nSPS) is 10.9. The molecule has 0 fully saturated rings. The van der Waals surface area contributed by atoms with Crippen molar-refractivity contribution in [2.24, 2.45) is 0 Å². The van der Waals surface area contributed by atoms with Gasteiger partial charge in [-0.25, -0.2) is 0 Å². The Bertz CT molecular complexity index is 960. The SMILES string of the molecule is COc1ccc2cc(/C=C/C(=O)NCc3ccc(N(C)C)cc3)ccc2c1. The summed E-state index contributed by atoms with van der Waals surface area (Å²) < 4.78 is 5.24. The molecule has 3 aromatic carbocycles. The van der Waals surface area contributed by atoms with E-state index in [4.69, 9.17) is 4.74 Å². The van der Waals surface area contributed by atoms with Crippen molar-refractivity contribution in [2.45, 2.75) is 6.54 Å². The van der Waals surface area contributed by atoms with Crippen LogP contribution in [0.25, 0.3) is 16.8 Å². The number of benzene rings is 3. The second kappa shape index (κ2) is 8.41. The maximum atomic E-state index is 12.1. The predicted octanol–water partition coefficient (Wildman–Crippen LogP) is 4.24.